The van der Waals surface area contributed by atoms with Crippen LogP contribution in [0.2, 0.25) is 0 Å². The van der Waals surface area contributed by atoms with Gasteiger partial charge < -0.3 is 10.2 Å². The zero-order valence-corrected chi connectivity index (χ0v) is 10.3. The van der Waals surface area contributed by atoms with Crippen LogP contribution in [0.5, 0.6) is 5.88 Å². The predicted molar refractivity (Wildman–Crippen MR) is 63.7 cm³/mol. The Bertz CT molecular complexity index is 457. The lowest BCUT2D eigenvalue weighted by Gasteiger charge is -2.06. The molecule has 2 rings (SSSR count). The van der Waals surface area contributed by atoms with Crippen molar-refractivity contribution in [2.75, 3.05) is 0 Å². The molecule has 2 N–H and O–H groups in total. The number of carbonyl (C=O) groups is 1. The van der Waals surface area contributed by atoms with Crippen LogP contribution in [0.15, 0.2) is 0 Å². The minimum absolute atomic E-state index is 0.0595. The molecule has 6 heteroatoms. The maximum Gasteiger partial charge on any atom is 0.323 e. The maximum absolute atomic E-state index is 10.6. The third-order valence-electron chi connectivity index (χ3n) is 2.91. The fraction of sp³-hybridized carbons (Fsp3) is 0.600. The summed E-state index contributed by atoms with van der Waals surface area (Å²) in [5.41, 5.74) is 0. The van der Waals surface area contributed by atoms with Crippen molar-refractivity contribution < 1.29 is 15.0 Å². The average molecular weight is 259 g/mol. The first-order chi connectivity index (χ1) is 7.59. The SMILES string of the molecule is O=C(O)Cn1c(O)c(C2CCCC2)sc1=S. The molecule has 0 spiro atoms. The Labute approximate surface area is 102 Å². The molecule has 0 saturated heterocycles. The van der Waals surface area contributed by atoms with Crippen molar-refractivity contribution in [2.45, 2.75) is 38.1 Å². The molecule has 1 aromatic heterocycles. The molecule has 4 nitrogen and oxygen atoms in total. The normalized spacial score (nSPS) is 16.8. The van der Waals surface area contributed by atoms with Crippen molar-refractivity contribution in [1.29, 1.82) is 0 Å². The molecule has 0 bridgehead atoms. The first kappa shape index (κ1) is 11.6. The molecule has 0 aliphatic heterocycles. The highest BCUT2D eigenvalue weighted by molar-refractivity contribution is 7.73. The Morgan fingerprint density at radius 1 is 1.50 bits per heavy atom. The van der Waals surface area contributed by atoms with Crippen molar-refractivity contribution in [3.8, 4) is 5.88 Å². The molecule has 1 aliphatic carbocycles. The third kappa shape index (κ3) is 2.12. The van der Waals surface area contributed by atoms with Crippen LogP contribution in [0.4, 0.5) is 0 Å². The number of carboxylic acids is 1. The number of carboxylic acid groups (broad SMARTS) is 1. The maximum atomic E-state index is 10.6. The number of aromatic hydroxyl groups is 1. The van der Waals surface area contributed by atoms with Gasteiger partial charge in [0, 0.05) is 0 Å². The van der Waals surface area contributed by atoms with Gasteiger partial charge in [0.05, 0.1) is 4.88 Å². The van der Waals surface area contributed by atoms with Crippen LogP contribution >= 0.6 is 23.6 Å². The summed E-state index contributed by atoms with van der Waals surface area (Å²) in [4.78, 5) is 11.5. The van der Waals surface area contributed by atoms with E-state index >= 15 is 0 Å². The first-order valence-corrected chi connectivity index (χ1v) is 6.46. The van der Waals surface area contributed by atoms with Gasteiger partial charge in [-0.3, -0.25) is 9.36 Å². The van der Waals surface area contributed by atoms with E-state index in [0.29, 0.717) is 9.87 Å². The standard InChI is InChI=1S/C10H13NO3S2/c12-7(13)5-11-9(14)8(16-10(11)15)6-3-1-2-4-6/h6,14H,1-5H2,(H,12,13). The molecule has 0 radical (unpaired) electrons. The largest absolute Gasteiger partial charge is 0.494 e. The fourth-order valence-electron chi connectivity index (χ4n) is 2.14. The van der Waals surface area contributed by atoms with Gasteiger partial charge in [-0.2, -0.15) is 0 Å². The van der Waals surface area contributed by atoms with Crippen LogP contribution in [0.3, 0.4) is 0 Å². The van der Waals surface area contributed by atoms with E-state index in [0.717, 1.165) is 17.7 Å². The Hall–Kier alpha value is -0.880. The summed E-state index contributed by atoms with van der Waals surface area (Å²) in [5, 5.41) is 18.7. The van der Waals surface area contributed by atoms with Crippen molar-refractivity contribution in [1.82, 2.24) is 4.57 Å². The molecule has 1 aliphatic rings. The Morgan fingerprint density at radius 3 is 2.69 bits per heavy atom. The van der Waals surface area contributed by atoms with Crippen LogP contribution in [0.25, 0.3) is 0 Å². The quantitative estimate of drug-likeness (QED) is 0.819. The summed E-state index contributed by atoms with van der Waals surface area (Å²) in [6.07, 6.45) is 4.48. The molecule has 1 aromatic rings. The number of nitrogens with zero attached hydrogens (tertiary/aromatic N) is 1. The van der Waals surface area contributed by atoms with Crippen molar-refractivity contribution in [3.63, 3.8) is 0 Å². The summed E-state index contributed by atoms with van der Waals surface area (Å²) in [6, 6.07) is 0. The third-order valence-corrected chi connectivity index (χ3v) is 4.51. The van der Waals surface area contributed by atoms with Crippen LogP contribution in [-0.2, 0) is 11.3 Å². The molecular formula is C10H13NO3S2. The monoisotopic (exact) mass is 259 g/mol. The zero-order valence-electron chi connectivity index (χ0n) is 8.68. The Morgan fingerprint density at radius 2 is 2.12 bits per heavy atom. The molecule has 0 unspecified atom stereocenters. The lowest BCUT2D eigenvalue weighted by atomic mass is 10.1. The summed E-state index contributed by atoms with van der Waals surface area (Å²) in [5.74, 6) is -0.562. The number of aliphatic carboxylic acids is 1. The van der Waals surface area contributed by atoms with Gasteiger partial charge in [0.15, 0.2) is 3.95 Å². The summed E-state index contributed by atoms with van der Waals surface area (Å²) >= 11 is 6.42. The van der Waals surface area contributed by atoms with Gasteiger partial charge in [-0.25, -0.2) is 0 Å². The fourth-order valence-corrected chi connectivity index (χ4v) is 3.62. The minimum atomic E-state index is -0.984. The van der Waals surface area contributed by atoms with Gasteiger partial charge in [-0.05, 0) is 31.0 Å². The molecule has 88 valence electrons. The van der Waals surface area contributed by atoms with Crippen molar-refractivity contribution in [2.24, 2.45) is 0 Å². The van der Waals surface area contributed by atoms with E-state index in [2.05, 4.69) is 0 Å². The zero-order chi connectivity index (χ0) is 11.7. The number of rotatable bonds is 3. The van der Waals surface area contributed by atoms with E-state index in [9.17, 15) is 9.90 Å². The topological polar surface area (TPSA) is 62.5 Å². The average Bonchev–Trinajstić information content (AvgIpc) is 2.80. The van der Waals surface area contributed by atoms with Crippen molar-refractivity contribution in [3.05, 3.63) is 8.83 Å². The highest BCUT2D eigenvalue weighted by Gasteiger charge is 2.24. The summed E-state index contributed by atoms with van der Waals surface area (Å²) < 4.78 is 1.75. The van der Waals surface area contributed by atoms with Gasteiger partial charge in [0.2, 0.25) is 5.88 Å². The first-order valence-electron chi connectivity index (χ1n) is 5.24. The second kappa shape index (κ2) is 4.55. The van der Waals surface area contributed by atoms with Crippen LogP contribution < -0.4 is 0 Å². The van der Waals surface area contributed by atoms with E-state index in [-0.39, 0.29) is 12.4 Å². The van der Waals surface area contributed by atoms with Gasteiger partial charge >= 0.3 is 5.97 Å². The smallest absolute Gasteiger partial charge is 0.323 e. The lowest BCUT2D eigenvalue weighted by Crippen LogP contribution is -2.08. The number of aromatic nitrogens is 1. The van der Waals surface area contributed by atoms with E-state index in [1.807, 2.05) is 0 Å². The second-order valence-corrected chi connectivity index (χ2v) is 5.69. The Balaban J connectivity index is 2.34. The molecule has 0 atom stereocenters. The number of hydrogen-bond acceptors (Lipinski definition) is 4. The predicted octanol–water partition coefficient (Wildman–Crippen LogP) is 2.73. The molecule has 16 heavy (non-hydrogen) atoms. The van der Waals surface area contributed by atoms with Gasteiger partial charge in [-0.15, -0.1) is 11.3 Å². The van der Waals surface area contributed by atoms with E-state index < -0.39 is 5.97 Å². The van der Waals surface area contributed by atoms with Crippen molar-refractivity contribution >= 4 is 29.5 Å². The molecule has 0 aromatic carbocycles. The van der Waals surface area contributed by atoms with Crippen LogP contribution in [-0.4, -0.2) is 20.7 Å². The minimum Gasteiger partial charge on any atom is -0.494 e. The number of hydrogen-bond donors (Lipinski definition) is 2. The highest BCUT2D eigenvalue weighted by atomic mass is 32.1. The van der Waals surface area contributed by atoms with E-state index in [1.54, 1.807) is 0 Å². The molecule has 1 saturated carbocycles. The lowest BCUT2D eigenvalue weighted by molar-refractivity contribution is -0.137. The molecule has 1 heterocycles. The summed E-state index contributed by atoms with van der Waals surface area (Å²) in [7, 11) is 0. The molecular weight excluding hydrogens is 246 g/mol. The second-order valence-electron chi connectivity index (χ2n) is 4.02. The highest BCUT2D eigenvalue weighted by Crippen LogP contribution is 2.41. The van der Waals surface area contributed by atoms with E-state index in [1.165, 1.54) is 28.7 Å². The van der Waals surface area contributed by atoms with Crippen LogP contribution in [0, 0.1) is 3.95 Å². The van der Waals surface area contributed by atoms with Gasteiger partial charge in [0.25, 0.3) is 0 Å². The summed E-state index contributed by atoms with van der Waals surface area (Å²) in [6.45, 7) is -0.256. The van der Waals surface area contributed by atoms with E-state index in [4.69, 9.17) is 17.3 Å². The molecule has 0 amide bonds. The van der Waals surface area contributed by atoms with Gasteiger partial charge in [0.1, 0.15) is 6.54 Å². The number of thiazole rings is 1. The van der Waals surface area contributed by atoms with Gasteiger partial charge in [-0.1, -0.05) is 12.8 Å². The van der Waals surface area contributed by atoms with Crippen LogP contribution in [0.1, 0.15) is 36.5 Å². The molecule has 1 fully saturated rings. The Kier molecular flexibility index (Phi) is 3.30.